The first-order valence-corrected chi connectivity index (χ1v) is 5.57. The molecule has 2 aliphatic carbocycles. The first kappa shape index (κ1) is 8.49. The van der Waals surface area contributed by atoms with Crippen molar-refractivity contribution in [2.24, 2.45) is 11.8 Å². The molecule has 0 aliphatic heterocycles. The fourth-order valence-corrected chi connectivity index (χ4v) is 3.35. The van der Waals surface area contributed by atoms with Crippen molar-refractivity contribution in [3.8, 4) is 0 Å². The van der Waals surface area contributed by atoms with E-state index in [4.69, 9.17) is 0 Å². The average Bonchev–Trinajstić information content (AvgIpc) is 2.77. The van der Waals surface area contributed by atoms with E-state index < -0.39 is 0 Å². The molecule has 2 bridgehead atoms. The maximum absolute atomic E-state index is 9.68. The first-order chi connectivity index (χ1) is 6.84. The molecule has 0 spiro atoms. The van der Waals surface area contributed by atoms with Crippen LogP contribution in [0.1, 0.15) is 30.7 Å². The lowest BCUT2D eigenvalue weighted by atomic mass is 9.82. The van der Waals surface area contributed by atoms with Crippen LogP contribution in [0.15, 0.2) is 30.3 Å². The molecule has 14 heavy (non-hydrogen) atoms. The Labute approximate surface area is 84.8 Å². The Morgan fingerprint density at radius 3 is 2.29 bits per heavy atom. The molecule has 0 radical (unpaired) electrons. The summed E-state index contributed by atoms with van der Waals surface area (Å²) in [7, 11) is 0. The summed E-state index contributed by atoms with van der Waals surface area (Å²) < 4.78 is 0. The highest BCUT2D eigenvalue weighted by molar-refractivity contribution is 5.23. The van der Waals surface area contributed by atoms with E-state index in [9.17, 15) is 5.11 Å². The lowest BCUT2D eigenvalue weighted by Gasteiger charge is -2.25. The van der Waals surface area contributed by atoms with Crippen LogP contribution < -0.4 is 0 Å². The van der Waals surface area contributed by atoms with Gasteiger partial charge in [0.15, 0.2) is 0 Å². The fourth-order valence-electron chi connectivity index (χ4n) is 3.35. The predicted molar refractivity (Wildman–Crippen MR) is 56.0 cm³/mol. The highest BCUT2D eigenvalue weighted by atomic mass is 16.3. The largest absolute Gasteiger partial charge is 0.393 e. The van der Waals surface area contributed by atoms with Crippen LogP contribution in [0.3, 0.4) is 0 Å². The molecule has 2 fully saturated rings. The fraction of sp³-hybridized carbons (Fsp3) is 0.538. The molecule has 2 saturated carbocycles. The maximum Gasteiger partial charge on any atom is 0.0571 e. The van der Waals surface area contributed by atoms with Crippen LogP contribution in [0.5, 0.6) is 0 Å². The molecule has 4 atom stereocenters. The molecule has 0 aromatic heterocycles. The zero-order chi connectivity index (χ0) is 9.54. The monoisotopic (exact) mass is 188 g/mol. The summed E-state index contributed by atoms with van der Waals surface area (Å²) >= 11 is 0. The molecule has 0 unspecified atom stereocenters. The normalized spacial score (nSPS) is 40.4. The molecular formula is C13H16O. The van der Waals surface area contributed by atoms with Gasteiger partial charge in [-0.15, -0.1) is 0 Å². The van der Waals surface area contributed by atoms with Gasteiger partial charge in [-0.05, 0) is 42.6 Å². The van der Waals surface area contributed by atoms with Gasteiger partial charge in [-0.25, -0.2) is 0 Å². The Morgan fingerprint density at radius 1 is 0.929 bits per heavy atom. The van der Waals surface area contributed by atoms with Gasteiger partial charge in [-0.3, -0.25) is 0 Å². The van der Waals surface area contributed by atoms with Crippen molar-refractivity contribution in [1.82, 2.24) is 0 Å². The SMILES string of the molecule is O[C@@H]1C[C@@H]2C[C@H]1C[C@@H]2c1ccccc1. The third-order valence-corrected chi connectivity index (χ3v) is 4.05. The van der Waals surface area contributed by atoms with Gasteiger partial charge in [-0.2, -0.15) is 0 Å². The summed E-state index contributed by atoms with van der Waals surface area (Å²) in [6.45, 7) is 0. The molecular weight excluding hydrogens is 172 g/mol. The lowest BCUT2D eigenvalue weighted by molar-refractivity contribution is 0.107. The Bertz CT molecular complexity index is 317. The van der Waals surface area contributed by atoms with E-state index in [1.165, 1.54) is 18.4 Å². The average molecular weight is 188 g/mol. The Hall–Kier alpha value is -0.820. The van der Waals surface area contributed by atoms with Crippen LogP contribution in [-0.4, -0.2) is 11.2 Å². The number of aliphatic hydroxyl groups excluding tert-OH is 1. The molecule has 0 saturated heterocycles. The number of hydrogen-bond acceptors (Lipinski definition) is 1. The van der Waals surface area contributed by atoms with Gasteiger partial charge in [0, 0.05) is 0 Å². The molecule has 0 heterocycles. The van der Waals surface area contributed by atoms with Crippen LogP contribution >= 0.6 is 0 Å². The maximum atomic E-state index is 9.68. The minimum Gasteiger partial charge on any atom is -0.393 e. The van der Waals surface area contributed by atoms with E-state index in [1.54, 1.807) is 0 Å². The third kappa shape index (κ3) is 1.19. The molecule has 1 nitrogen and oxygen atoms in total. The van der Waals surface area contributed by atoms with E-state index in [-0.39, 0.29) is 6.10 Å². The highest BCUT2D eigenvalue weighted by Crippen LogP contribution is 2.52. The molecule has 1 aromatic rings. The second kappa shape index (κ2) is 3.09. The van der Waals surface area contributed by atoms with Crippen molar-refractivity contribution in [3.63, 3.8) is 0 Å². The van der Waals surface area contributed by atoms with Crippen LogP contribution in [0, 0.1) is 11.8 Å². The van der Waals surface area contributed by atoms with Gasteiger partial charge in [0.1, 0.15) is 0 Å². The van der Waals surface area contributed by atoms with Crippen molar-refractivity contribution < 1.29 is 5.11 Å². The molecule has 74 valence electrons. The van der Waals surface area contributed by atoms with E-state index in [0.717, 1.165) is 18.3 Å². The third-order valence-electron chi connectivity index (χ3n) is 4.05. The van der Waals surface area contributed by atoms with Gasteiger partial charge < -0.3 is 5.11 Å². The number of benzene rings is 1. The topological polar surface area (TPSA) is 20.2 Å². The number of rotatable bonds is 1. The lowest BCUT2D eigenvalue weighted by Crippen LogP contribution is -2.20. The van der Waals surface area contributed by atoms with Crippen LogP contribution in [-0.2, 0) is 0 Å². The van der Waals surface area contributed by atoms with Gasteiger partial charge in [0.2, 0.25) is 0 Å². The Balaban J connectivity index is 1.84. The van der Waals surface area contributed by atoms with Crippen molar-refractivity contribution in [1.29, 1.82) is 0 Å². The standard InChI is InChI=1S/C13H16O/c14-13-8-10-6-11(13)7-12(10)9-4-2-1-3-5-9/h1-5,10-14H,6-8H2/t10-,11-,12+,13+/m0/s1. The molecule has 1 N–H and O–H groups in total. The summed E-state index contributed by atoms with van der Waals surface area (Å²) in [4.78, 5) is 0. The van der Waals surface area contributed by atoms with Gasteiger partial charge in [0.05, 0.1) is 6.10 Å². The van der Waals surface area contributed by atoms with Gasteiger partial charge in [-0.1, -0.05) is 30.3 Å². The summed E-state index contributed by atoms with van der Waals surface area (Å²) in [5.41, 5.74) is 1.48. The van der Waals surface area contributed by atoms with Crippen molar-refractivity contribution >= 4 is 0 Å². The van der Waals surface area contributed by atoms with E-state index in [2.05, 4.69) is 30.3 Å². The molecule has 0 amide bonds. The summed E-state index contributed by atoms with van der Waals surface area (Å²) in [5.74, 6) is 2.06. The molecule has 2 aliphatic rings. The second-order valence-electron chi connectivity index (χ2n) is 4.81. The van der Waals surface area contributed by atoms with Crippen LogP contribution in [0.4, 0.5) is 0 Å². The van der Waals surface area contributed by atoms with Gasteiger partial charge >= 0.3 is 0 Å². The minimum atomic E-state index is -0.0000350. The first-order valence-electron chi connectivity index (χ1n) is 5.57. The van der Waals surface area contributed by atoms with Crippen LogP contribution in [0.2, 0.25) is 0 Å². The zero-order valence-electron chi connectivity index (χ0n) is 8.26. The smallest absolute Gasteiger partial charge is 0.0571 e. The number of hydrogen-bond donors (Lipinski definition) is 1. The number of fused-ring (bicyclic) bond motifs is 2. The van der Waals surface area contributed by atoms with Crippen LogP contribution in [0.25, 0.3) is 0 Å². The Morgan fingerprint density at radius 2 is 1.71 bits per heavy atom. The van der Waals surface area contributed by atoms with Crippen molar-refractivity contribution in [2.75, 3.05) is 0 Å². The van der Waals surface area contributed by atoms with Crippen molar-refractivity contribution in [2.45, 2.75) is 31.3 Å². The van der Waals surface area contributed by atoms with Crippen molar-refractivity contribution in [3.05, 3.63) is 35.9 Å². The van der Waals surface area contributed by atoms with Gasteiger partial charge in [0.25, 0.3) is 0 Å². The summed E-state index contributed by atoms with van der Waals surface area (Å²) in [6, 6.07) is 10.8. The molecule has 3 rings (SSSR count). The molecule has 1 heteroatoms. The number of aliphatic hydroxyl groups is 1. The quantitative estimate of drug-likeness (QED) is 0.718. The predicted octanol–water partition coefficient (Wildman–Crippen LogP) is 2.56. The van der Waals surface area contributed by atoms with E-state index in [0.29, 0.717) is 5.92 Å². The van der Waals surface area contributed by atoms with E-state index >= 15 is 0 Å². The Kier molecular flexibility index (Phi) is 1.88. The second-order valence-corrected chi connectivity index (χ2v) is 4.81. The highest BCUT2D eigenvalue weighted by Gasteiger charge is 2.45. The summed E-state index contributed by atoms with van der Waals surface area (Å²) in [6.07, 6.45) is 3.49. The molecule has 1 aromatic carbocycles. The summed E-state index contributed by atoms with van der Waals surface area (Å²) in [5, 5.41) is 9.68. The van der Waals surface area contributed by atoms with E-state index in [1.807, 2.05) is 0 Å². The minimum absolute atomic E-state index is 0.0000350. The zero-order valence-corrected chi connectivity index (χ0v) is 8.26.